The highest BCUT2D eigenvalue weighted by molar-refractivity contribution is 9.10. The van der Waals surface area contributed by atoms with E-state index in [4.69, 9.17) is 0 Å². The molecule has 19 heavy (non-hydrogen) atoms. The number of benzene rings is 1. The zero-order valence-corrected chi connectivity index (χ0v) is 14.4. The molecule has 1 aromatic heterocycles. The highest BCUT2D eigenvalue weighted by Crippen LogP contribution is 2.26. The van der Waals surface area contributed by atoms with Crippen LogP contribution < -0.4 is 5.32 Å². The third-order valence-corrected chi connectivity index (χ3v) is 5.46. The van der Waals surface area contributed by atoms with Gasteiger partial charge in [0.2, 0.25) is 0 Å². The summed E-state index contributed by atoms with van der Waals surface area (Å²) in [6, 6.07) is 11.5. The normalized spacial score (nSPS) is 12.6. The lowest BCUT2D eigenvalue weighted by Gasteiger charge is -2.18. The third-order valence-electron chi connectivity index (χ3n) is 3.00. The van der Waals surface area contributed by atoms with Crippen LogP contribution in [0.3, 0.4) is 0 Å². The lowest BCUT2D eigenvalue weighted by Crippen LogP contribution is -2.22. The van der Waals surface area contributed by atoms with Gasteiger partial charge in [0.15, 0.2) is 0 Å². The first-order valence-corrected chi connectivity index (χ1v) is 9.23. The second-order valence-electron chi connectivity index (χ2n) is 4.32. The van der Waals surface area contributed by atoms with E-state index in [1.165, 1.54) is 19.8 Å². The fourth-order valence-corrected chi connectivity index (χ4v) is 3.96. The predicted octanol–water partition coefficient (Wildman–Crippen LogP) is 5.13. The van der Waals surface area contributed by atoms with Crippen LogP contribution in [0.15, 0.2) is 45.1 Å². The summed E-state index contributed by atoms with van der Waals surface area (Å²) in [5.41, 5.74) is 1.36. The Bertz CT molecular complexity index is 507. The molecule has 0 bridgehead atoms. The molecule has 1 nitrogen and oxygen atoms in total. The Balaban J connectivity index is 2.13. The van der Waals surface area contributed by atoms with Crippen molar-refractivity contribution in [2.75, 3.05) is 12.8 Å². The Hall–Kier alpha value is -0.290. The summed E-state index contributed by atoms with van der Waals surface area (Å²) >= 11 is 7.12. The molecule has 1 atom stereocenters. The van der Waals surface area contributed by atoms with Gasteiger partial charge < -0.3 is 5.32 Å². The van der Waals surface area contributed by atoms with Crippen molar-refractivity contribution in [3.63, 3.8) is 0 Å². The van der Waals surface area contributed by atoms with Crippen LogP contribution in [-0.2, 0) is 6.42 Å². The summed E-state index contributed by atoms with van der Waals surface area (Å²) in [6.07, 6.45) is 3.16. The van der Waals surface area contributed by atoms with Crippen molar-refractivity contribution < 1.29 is 0 Å². The molecular weight excluding hydrogens is 338 g/mol. The molecule has 0 aliphatic heterocycles. The largest absolute Gasteiger partial charge is 0.310 e. The van der Waals surface area contributed by atoms with Crippen molar-refractivity contribution in [2.45, 2.75) is 24.3 Å². The molecule has 0 aliphatic rings. The Morgan fingerprint density at radius 2 is 2.05 bits per heavy atom. The monoisotopic (exact) mass is 355 g/mol. The quantitative estimate of drug-likeness (QED) is 0.721. The topological polar surface area (TPSA) is 12.0 Å². The molecule has 1 aromatic carbocycles. The highest BCUT2D eigenvalue weighted by Gasteiger charge is 2.12. The number of likely N-dealkylation sites (N-methyl/N-ethyl adjacent to an activating group) is 1. The first kappa shape index (κ1) is 15.1. The zero-order chi connectivity index (χ0) is 13.7. The first-order chi connectivity index (χ1) is 9.22. The Morgan fingerprint density at radius 1 is 1.32 bits per heavy atom. The predicted molar refractivity (Wildman–Crippen MR) is 90.4 cm³/mol. The van der Waals surface area contributed by atoms with E-state index < -0.39 is 0 Å². The molecule has 0 aliphatic carbocycles. The van der Waals surface area contributed by atoms with E-state index in [1.54, 1.807) is 11.8 Å². The van der Waals surface area contributed by atoms with Crippen molar-refractivity contribution in [1.29, 1.82) is 0 Å². The molecule has 102 valence electrons. The second kappa shape index (κ2) is 7.48. The number of halogens is 1. The van der Waals surface area contributed by atoms with Gasteiger partial charge in [0, 0.05) is 32.1 Å². The van der Waals surface area contributed by atoms with Gasteiger partial charge in [-0.3, -0.25) is 0 Å². The van der Waals surface area contributed by atoms with E-state index in [1.807, 2.05) is 11.3 Å². The van der Waals surface area contributed by atoms with Gasteiger partial charge in [-0.15, -0.1) is 23.1 Å². The van der Waals surface area contributed by atoms with Gasteiger partial charge >= 0.3 is 0 Å². The van der Waals surface area contributed by atoms with Crippen molar-refractivity contribution in [3.05, 3.63) is 50.6 Å². The van der Waals surface area contributed by atoms with Crippen LogP contribution in [0.4, 0.5) is 0 Å². The summed E-state index contributed by atoms with van der Waals surface area (Å²) in [5, 5.41) is 5.73. The van der Waals surface area contributed by atoms with E-state index >= 15 is 0 Å². The number of hydrogen-bond acceptors (Lipinski definition) is 3. The summed E-state index contributed by atoms with van der Waals surface area (Å²) < 4.78 is 1.18. The van der Waals surface area contributed by atoms with Crippen molar-refractivity contribution in [1.82, 2.24) is 5.32 Å². The molecule has 0 saturated carbocycles. The van der Waals surface area contributed by atoms with Crippen molar-refractivity contribution >= 4 is 39.0 Å². The fourth-order valence-electron chi connectivity index (χ4n) is 2.05. The molecule has 2 aromatic rings. The van der Waals surface area contributed by atoms with E-state index in [0.717, 1.165) is 13.0 Å². The second-order valence-corrected chi connectivity index (χ2v) is 7.11. The maximum absolute atomic E-state index is 3.58. The van der Waals surface area contributed by atoms with Gasteiger partial charge in [0.05, 0.1) is 0 Å². The Kier molecular flexibility index (Phi) is 5.95. The lowest BCUT2D eigenvalue weighted by molar-refractivity contribution is 0.553. The Morgan fingerprint density at radius 3 is 2.58 bits per heavy atom. The maximum atomic E-state index is 3.58. The van der Waals surface area contributed by atoms with Gasteiger partial charge in [0.1, 0.15) is 0 Å². The van der Waals surface area contributed by atoms with Gasteiger partial charge in [-0.2, -0.15) is 0 Å². The first-order valence-electron chi connectivity index (χ1n) is 6.33. The third kappa shape index (κ3) is 4.35. The standard InChI is InChI=1S/C15H18BrNS2/c1-3-17-15(9-14-8-12(16)10-19-14)11-4-6-13(18-2)7-5-11/h4-8,10,15,17H,3,9H2,1-2H3. The minimum Gasteiger partial charge on any atom is -0.310 e. The summed E-state index contributed by atoms with van der Waals surface area (Å²) in [5.74, 6) is 0. The van der Waals surface area contributed by atoms with Crippen molar-refractivity contribution in [2.24, 2.45) is 0 Å². The fraction of sp³-hybridized carbons (Fsp3) is 0.333. The number of thioether (sulfide) groups is 1. The van der Waals surface area contributed by atoms with Gasteiger partial charge in [0.25, 0.3) is 0 Å². The molecule has 2 rings (SSSR count). The van der Waals surface area contributed by atoms with Crippen molar-refractivity contribution in [3.8, 4) is 0 Å². The van der Waals surface area contributed by atoms with Crippen LogP contribution in [0.1, 0.15) is 23.4 Å². The molecule has 1 heterocycles. The number of thiophene rings is 1. The lowest BCUT2D eigenvalue weighted by atomic mass is 10.0. The molecule has 0 saturated heterocycles. The molecule has 0 amide bonds. The molecule has 0 spiro atoms. The van der Waals surface area contributed by atoms with Crippen LogP contribution in [0.25, 0.3) is 0 Å². The van der Waals surface area contributed by atoms with Crippen LogP contribution in [0.5, 0.6) is 0 Å². The number of nitrogens with one attached hydrogen (secondary N) is 1. The SMILES string of the molecule is CCNC(Cc1cc(Br)cs1)c1ccc(SC)cc1. The van der Waals surface area contributed by atoms with Crippen LogP contribution in [-0.4, -0.2) is 12.8 Å². The van der Waals surface area contributed by atoms with Gasteiger partial charge in [-0.25, -0.2) is 0 Å². The summed E-state index contributed by atoms with van der Waals surface area (Å²) in [6.45, 7) is 3.15. The minimum atomic E-state index is 0.395. The Labute approximate surface area is 131 Å². The number of hydrogen-bond donors (Lipinski definition) is 1. The molecule has 0 radical (unpaired) electrons. The van der Waals surface area contributed by atoms with Crippen LogP contribution in [0, 0.1) is 0 Å². The molecule has 1 unspecified atom stereocenters. The molecular formula is C15H18BrNS2. The van der Waals surface area contributed by atoms with Gasteiger partial charge in [-0.05, 0) is 52.5 Å². The smallest absolute Gasteiger partial charge is 0.0368 e. The van der Waals surface area contributed by atoms with Crippen LogP contribution >= 0.6 is 39.0 Å². The molecule has 0 fully saturated rings. The molecule has 1 N–H and O–H groups in total. The van der Waals surface area contributed by atoms with Crippen LogP contribution in [0.2, 0.25) is 0 Å². The zero-order valence-electron chi connectivity index (χ0n) is 11.2. The highest BCUT2D eigenvalue weighted by atomic mass is 79.9. The van der Waals surface area contributed by atoms with Gasteiger partial charge in [-0.1, -0.05) is 19.1 Å². The number of rotatable bonds is 6. The minimum absolute atomic E-state index is 0.395. The average molecular weight is 356 g/mol. The van der Waals surface area contributed by atoms with E-state index in [2.05, 4.69) is 70.1 Å². The summed E-state index contributed by atoms with van der Waals surface area (Å²) in [7, 11) is 0. The maximum Gasteiger partial charge on any atom is 0.0368 e. The van der Waals surface area contributed by atoms with E-state index in [-0.39, 0.29) is 0 Å². The summed E-state index contributed by atoms with van der Waals surface area (Å²) in [4.78, 5) is 2.73. The van der Waals surface area contributed by atoms with E-state index in [0.29, 0.717) is 6.04 Å². The molecule has 4 heteroatoms. The average Bonchev–Trinajstić information content (AvgIpc) is 2.84. The van der Waals surface area contributed by atoms with E-state index in [9.17, 15) is 0 Å².